The number of hydrogen-bond acceptors (Lipinski definition) is 5. The number of nitrogens with zero attached hydrogens (tertiary/aromatic N) is 3. The standard InChI is InChI=1S/C19H16N4O4S/c1-23-8-12(7-20-23)17-15(11-4-5-28-9-11)16(21-19(27)22-17)10-2-3-13(18(25)26)14(24)6-10/h2-9,15-16,24H,1H3,(H,21,27)(H,25,26)/t15?,16-/m1/s1. The van der Waals surface area contributed by atoms with E-state index in [9.17, 15) is 14.7 Å². The maximum absolute atomic E-state index is 12.3. The first kappa shape index (κ1) is 17.9. The monoisotopic (exact) mass is 396 g/mol. The highest BCUT2D eigenvalue weighted by molar-refractivity contribution is 7.08. The quantitative estimate of drug-likeness (QED) is 0.627. The lowest BCUT2D eigenvalue weighted by Crippen LogP contribution is -2.39. The normalized spacial score (nSPS) is 19.2. The Balaban J connectivity index is 1.84. The Labute approximate surface area is 163 Å². The van der Waals surface area contributed by atoms with Crippen LogP contribution in [0.1, 0.15) is 39.0 Å². The summed E-state index contributed by atoms with van der Waals surface area (Å²) in [6.45, 7) is 0. The highest BCUT2D eigenvalue weighted by Crippen LogP contribution is 2.39. The molecule has 0 spiro atoms. The number of rotatable bonds is 4. The van der Waals surface area contributed by atoms with Crippen molar-refractivity contribution in [1.29, 1.82) is 0 Å². The Hall–Kier alpha value is -3.46. The SMILES string of the molecule is Cn1cc(C2=NC(=O)N[C@H](c3ccc(C(=O)O)c(O)c3)C2c2ccsc2)cn1. The number of urea groups is 1. The molecule has 2 amide bonds. The summed E-state index contributed by atoms with van der Waals surface area (Å²) in [5.74, 6) is -1.89. The minimum Gasteiger partial charge on any atom is -0.507 e. The summed E-state index contributed by atoms with van der Waals surface area (Å²) in [6, 6.07) is 5.23. The highest BCUT2D eigenvalue weighted by atomic mass is 32.1. The fourth-order valence-electron chi connectivity index (χ4n) is 3.38. The van der Waals surface area contributed by atoms with Gasteiger partial charge in [0.2, 0.25) is 0 Å². The molecule has 4 rings (SSSR count). The number of aromatic hydroxyl groups is 1. The number of aryl methyl sites for hydroxylation is 1. The molecule has 3 aromatic rings. The number of nitrogens with one attached hydrogen (secondary N) is 1. The van der Waals surface area contributed by atoms with Crippen molar-refractivity contribution < 1.29 is 19.8 Å². The third kappa shape index (κ3) is 3.16. The molecule has 1 aliphatic heterocycles. The van der Waals surface area contributed by atoms with Crippen molar-refractivity contribution in [3.63, 3.8) is 0 Å². The average molecular weight is 396 g/mol. The van der Waals surface area contributed by atoms with Gasteiger partial charge in [-0.15, -0.1) is 0 Å². The van der Waals surface area contributed by atoms with Crippen molar-refractivity contribution >= 4 is 29.0 Å². The fraction of sp³-hybridized carbons (Fsp3) is 0.158. The summed E-state index contributed by atoms with van der Waals surface area (Å²) in [7, 11) is 1.78. The number of carbonyl (C=O) groups excluding carboxylic acids is 1. The van der Waals surface area contributed by atoms with Crippen molar-refractivity contribution in [2.75, 3.05) is 0 Å². The molecule has 3 heterocycles. The van der Waals surface area contributed by atoms with E-state index in [0.717, 1.165) is 11.1 Å². The zero-order valence-corrected chi connectivity index (χ0v) is 15.6. The molecule has 2 aromatic heterocycles. The first-order valence-electron chi connectivity index (χ1n) is 8.40. The molecule has 142 valence electrons. The van der Waals surface area contributed by atoms with Crippen molar-refractivity contribution in [1.82, 2.24) is 15.1 Å². The lowest BCUT2D eigenvalue weighted by Gasteiger charge is -2.32. The number of phenols is 1. The van der Waals surface area contributed by atoms with Crippen LogP contribution in [0.2, 0.25) is 0 Å². The maximum Gasteiger partial charge on any atom is 0.341 e. The topological polar surface area (TPSA) is 117 Å². The van der Waals surface area contributed by atoms with Crippen molar-refractivity contribution in [2.45, 2.75) is 12.0 Å². The zero-order valence-electron chi connectivity index (χ0n) is 14.7. The molecular weight excluding hydrogens is 380 g/mol. The number of hydrogen-bond donors (Lipinski definition) is 3. The second-order valence-corrected chi connectivity index (χ2v) is 7.22. The summed E-state index contributed by atoms with van der Waals surface area (Å²) >= 11 is 1.53. The number of carbonyl (C=O) groups is 2. The molecule has 1 aliphatic rings. The predicted molar refractivity (Wildman–Crippen MR) is 103 cm³/mol. The van der Waals surface area contributed by atoms with Gasteiger partial charge in [-0.3, -0.25) is 4.68 Å². The van der Waals surface area contributed by atoms with Crippen molar-refractivity contribution in [3.05, 3.63) is 69.7 Å². The van der Waals surface area contributed by atoms with Gasteiger partial charge in [0.05, 0.1) is 23.9 Å². The Morgan fingerprint density at radius 3 is 2.71 bits per heavy atom. The summed E-state index contributed by atoms with van der Waals surface area (Å²) in [4.78, 5) is 27.7. The molecule has 28 heavy (non-hydrogen) atoms. The van der Waals surface area contributed by atoms with Crippen LogP contribution in [0.3, 0.4) is 0 Å². The molecule has 0 bridgehead atoms. The van der Waals surface area contributed by atoms with Gasteiger partial charge >= 0.3 is 12.0 Å². The van der Waals surface area contributed by atoms with Crippen LogP contribution in [-0.4, -0.2) is 37.7 Å². The van der Waals surface area contributed by atoms with Gasteiger partial charge in [-0.1, -0.05) is 6.07 Å². The van der Waals surface area contributed by atoms with Gasteiger partial charge in [0.15, 0.2) is 0 Å². The molecule has 1 unspecified atom stereocenters. The van der Waals surface area contributed by atoms with Gasteiger partial charge in [0, 0.05) is 18.8 Å². The van der Waals surface area contributed by atoms with E-state index in [-0.39, 0.29) is 17.2 Å². The fourth-order valence-corrected chi connectivity index (χ4v) is 4.08. The Morgan fingerprint density at radius 1 is 1.29 bits per heavy atom. The van der Waals surface area contributed by atoms with Gasteiger partial charge in [0.25, 0.3) is 0 Å². The highest BCUT2D eigenvalue weighted by Gasteiger charge is 2.36. The summed E-state index contributed by atoms with van der Waals surface area (Å²) in [5, 5.41) is 30.2. The number of aromatic carboxylic acids is 1. The predicted octanol–water partition coefficient (Wildman–Crippen LogP) is 2.92. The molecule has 8 nitrogen and oxygen atoms in total. The number of thiophene rings is 1. The van der Waals surface area contributed by atoms with Crippen molar-refractivity contribution in [2.24, 2.45) is 12.0 Å². The van der Waals surface area contributed by atoms with E-state index in [0.29, 0.717) is 11.3 Å². The molecule has 1 aromatic carbocycles. The van der Waals surface area contributed by atoms with Crippen LogP contribution >= 0.6 is 11.3 Å². The van der Waals surface area contributed by atoms with Crippen LogP contribution in [-0.2, 0) is 7.05 Å². The zero-order chi connectivity index (χ0) is 19.8. The molecule has 2 atom stereocenters. The Morgan fingerprint density at radius 2 is 2.11 bits per heavy atom. The van der Waals surface area contributed by atoms with E-state index in [1.165, 1.54) is 23.5 Å². The number of carboxylic acid groups (broad SMARTS) is 1. The molecule has 9 heteroatoms. The molecule has 0 aliphatic carbocycles. The Kier molecular flexibility index (Phi) is 4.44. The second kappa shape index (κ2) is 6.93. The number of carboxylic acids is 1. The largest absolute Gasteiger partial charge is 0.507 e. The average Bonchev–Trinajstić information content (AvgIpc) is 3.32. The molecule has 3 N–H and O–H groups in total. The third-order valence-electron chi connectivity index (χ3n) is 4.64. The summed E-state index contributed by atoms with van der Waals surface area (Å²) < 4.78 is 1.64. The van der Waals surface area contributed by atoms with Gasteiger partial charge in [-0.2, -0.15) is 21.4 Å². The molecule has 0 radical (unpaired) electrons. The minimum atomic E-state index is -1.22. The first-order chi connectivity index (χ1) is 13.4. The van der Waals surface area contributed by atoms with Crippen LogP contribution in [0.4, 0.5) is 4.79 Å². The van der Waals surface area contributed by atoms with Crippen LogP contribution in [0, 0.1) is 0 Å². The first-order valence-corrected chi connectivity index (χ1v) is 9.34. The lowest BCUT2D eigenvalue weighted by molar-refractivity contribution is 0.0693. The summed E-state index contributed by atoms with van der Waals surface area (Å²) in [6.07, 6.45) is 3.44. The Bertz CT molecular complexity index is 1090. The van der Waals surface area contributed by atoms with Crippen LogP contribution in [0.15, 0.2) is 52.4 Å². The molecule has 0 fully saturated rings. The van der Waals surface area contributed by atoms with Gasteiger partial charge in [-0.05, 0) is 40.1 Å². The number of benzene rings is 1. The van der Waals surface area contributed by atoms with E-state index in [4.69, 9.17) is 5.11 Å². The second-order valence-electron chi connectivity index (χ2n) is 6.44. The van der Waals surface area contributed by atoms with E-state index < -0.39 is 18.0 Å². The van der Waals surface area contributed by atoms with E-state index >= 15 is 0 Å². The van der Waals surface area contributed by atoms with E-state index in [1.54, 1.807) is 30.2 Å². The third-order valence-corrected chi connectivity index (χ3v) is 5.34. The molecular formula is C19H16N4O4S. The number of aliphatic imine (C=N–C) groups is 1. The van der Waals surface area contributed by atoms with Gasteiger partial charge in [0.1, 0.15) is 11.3 Å². The van der Waals surface area contributed by atoms with Crippen molar-refractivity contribution in [3.8, 4) is 5.75 Å². The van der Waals surface area contributed by atoms with E-state index in [1.807, 2.05) is 16.8 Å². The minimum absolute atomic E-state index is 0.195. The van der Waals surface area contributed by atoms with Crippen LogP contribution in [0.25, 0.3) is 0 Å². The smallest absolute Gasteiger partial charge is 0.341 e. The lowest BCUT2D eigenvalue weighted by atomic mass is 9.81. The van der Waals surface area contributed by atoms with Gasteiger partial charge in [-0.25, -0.2) is 9.59 Å². The number of aromatic nitrogens is 2. The van der Waals surface area contributed by atoms with E-state index in [2.05, 4.69) is 15.4 Å². The number of amides is 2. The maximum atomic E-state index is 12.3. The molecule has 0 saturated heterocycles. The molecule has 0 saturated carbocycles. The summed E-state index contributed by atoms with van der Waals surface area (Å²) in [5.41, 5.74) is 2.65. The van der Waals surface area contributed by atoms with Crippen LogP contribution < -0.4 is 5.32 Å². The van der Waals surface area contributed by atoms with Gasteiger partial charge < -0.3 is 15.5 Å². The van der Waals surface area contributed by atoms with Crippen LogP contribution in [0.5, 0.6) is 5.75 Å².